The van der Waals surface area contributed by atoms with Gasteiger partial charge < -0.3 is 4.57 Å². The predicted octanol–water partition coefficient (Wildman–Crippen LogP) is 3.52. The van der Waals surface area contributed by atoms with Gasteiger partial charge in [0.15, 0.2) is 0 Å². The van der Waals surface area contributed by atoms with Crippen LogP contribution in [0.1, 0.15) is 12.6 Å². The van der Waals surface area contributed by atoms with E-state index in [2.05, 4.69) is 53.0 Å². The molecule has 2 heterocycles. The highest BCUT2D eigenvalue weighted by molar-refractivity contribution is 7.85. The molecule has 0 unspecified atom stereocenters. The summed E-state index contributed by atoms with van der Waals surface area (Å²) in [5.41, 5.74) is 4.25. The van der Waals surface area contributed by atoms with Crippen molar-refractivity contribution >= 4 is 31.9 Å². The second-order valence-corrected chi connectivity index (χ2v) is 8.12. The molecule has 4 aromatic rings. The van der Waals surface area contributed by atoms with Crippen molar-refractivity contribution in [2.24, 2.45) is 0 Å². The van der Waals surface area contributed by atoms with Crippen LogP contribution in [0.3, 0.4) is 0 Å². The van der Waals surface area contributed by atoms with Crippen LogP contribution in [-0.2, 0) is 27.3 Å². The van der Waals surface area contributed by atoms with E-state index < -0.39 is 10.1 Å². The van der Waals surface area contributed by atoms with E-state index in [0.717, 1.165) is 24.2 Å². The van der Waals surface area contributed by atoms with Gasteiger partial charge in [-0.05, 0) is 37.3 Å². The Bertz CT molecular complexity index is 1220. The van der Waals surface area contributed by atoms with Crippen molar-refractivity contribution in [3.63, 3.8) is 0 Å². The van der Waals surface area contributed by atoms with Crippen molar-refractivity contribution in [2.75, 3.05) is 12.9 Å². The fourth-order valence-corrected chi connectivity index (χ4v) is 3.95. The summed E-state index contributed by atoms with van der Waals surface area (Å²) in [7, 11) is -3.44. The molecule has 2 aromatic carbocycles. The molecule has 6 nitrogen and oxygen atoms in total. The molecule has 0 N–H and O–H groups in total. The number of hydrogen-bond acceptors (Lipinski definition) is 4. The minimum atomic E-state index is -3.44. The standard InChI is InChI=1S/C20H21N3O3S/c1-3-22-19-7-5-4-6-17(19)18-14-16(8-9-20(18)22)23-15(10-12-21-23)11-13-26-27(2,24)25/h4-10,12,14H,3,11,13H2,1-2H3. The van der Waals surface area contributed by atoms with E-state index in [1.807, 2.05) is 16.8 Å². The van der Waals surface area contributed by atoms with Gasteiger partial charge in [0.2, 0.25) is 0 Å². The molecule has 0 saturated heterocycles. The second-order valence-electron chi connectivity index (χ2n) is 6.47. The predicted molar refractivity (Wildman–Crippen MR) is 107 cm³/mol. The third-order valence-electron chi connectivity index (χ3n) is 4.69. The molecule has 0 atom stereocenters. The van der Waals surface area contributed by atoms with Crippen LogP contribution in [0.2, 0.25) is 0 Å². The Hall–Kier alpha value is -2.64. The van der Waals surface area contributed by atoms with Crippen molar-refractivity contribution in [3.8, 4) is 5.69 Å². The van der Waals surface area contributed by atoms with Gasteiger partial charge in [-0.3, -0.25) is 4.18 Å². The van der Waals surface area contributed by atoms with Crippen LogP contribution < -0.4 is 0 Å². The Morgan fingerprint density at radius 1 is 1.04 bits per heavy atom. The van der Waals surface area contributed by atoms with Crippen LogP contribution in [0.25, 0.3) is 27.5 Å². The first-order valence-corrected chi connectivity index (χ1v) is 10.7. The largest absolute Gasteiger partial charge is 0.341 e. The molecule has 0 amide bonds. The van der Waals surface area contributed by atoms with Gasteiger partial charge in [0.1, 0.15) is 0 Å². The lowest BCUT2D eigenvalue weighted by molar-refractivity contribution is 0.323. The zero-order valence-corrected chi connectivity index (χ0v) is 16.1. The fraction of sp³-hybridized carbons (Fsp3) is 0.250. The first kappa shape index (κ1) is 17.8. The molecule has 0 saturated carbocycles. The van der Waals surface area contributed by atoms with Crippen LogP contribution in [0.15, 0.2) is 54.7 Å². The summed E-state index contributed by atoms with van der Waals surface area (Å²) in [6.07, 6.45) is 3.23. The first-order valence-electron chi connectivity index (χ1n) is 8.86. The number of hydrogen-bond donors (Lipinski definition) is 0. The molecule has 27 heavy (non-hydrogen) atoms. The van der Waals surface area contributed by atoms with Crippen LogP contribution >= 0.6 is 0 Å². The van der Waals surface area contributed by atoms with E-state index >= 15 is 0 Å². The molecule has 0 aliphatic carbocycles. The third-order valence-corrected chi connectivity index (χ3v) is 5.29. The number of rotatable bonds is 6. The Labute approximate surface area is 158 Å². The average Bonchev–Trinajstić information content (AvgIpc) is 3.22. The molecule has 0 radical (unpaired) electrons. The highest BCUT2D eigenvalue weighted by Crippen LogP contribution is 2.30. The van der Waals surface area contributed by atoms with Crippen LogP contribution in [0.5, 0.6) is 0 Å². The number of benzene rings is 2. The number of aryl methyl sites for hydroxylation is 1. The molecule has 0 aliphatic heterocycles. The number of fused-ring (bicyclic) bond motifs is 3. The van der Waals surface area contributed by atoms with Crippen molar-refractivity contribution in [1.82, 2.24) is 14.3 Å². The third kappa shape index (κ3) is 3.36. The van der Waals surface area contributed by atoms with Crippen LogP contribution in [0, 0.1) is 0 Å². The summed E-state index contributed by atoms with van der Waals surface area (Å²) in [6.45, 7) is 3.15. The molecule has 0 spiro atoms. The zero-order valence-electron chi connectivity index (χ0n) is 15.3. The first-order chi connectivity index (χ1) is 13.0. The molecule has 140 valence electrons. The summed E-state index contributed by atoms with van der Waals surface area (Å²) in [5, 5.41) is 6.81. The zero-order chi connectivity index (χ0) is 19.0. The van der Waals surface area contributed by atoms with E-state index in [9.17, 15) is 8.42 Å². The molecule has 4 rings (SSSR count). The van der Waals surface area contributed by atoms with Gasteiger partial charge in [-0.1, -0.05) is 18.2 Å². The van der Waals surface area contributed by atoms with Crippen molar-refractivity contribution in [1.29, 1.82) is 0 Å². The van der Waals surface area contributed by atoms with Gasteiger partial charge in [0, 0.05) is 46.7 Å². The van der Waals surface area contributed by atoms with Crippen molar-refractivity contribution in [2.45, 2.75) is 19.9 Å². The van der Waals surface area contributed by atoms with Crippen molar-refractivity contribution < 1.29 is 12.6 Å². The highest BCUT2D eigenvalue weighted by Gasteiger charge is 2.12. The van der Waals surface area contributed by atoms with E-state index in [-0.39, 0.29) is 6.61 Å². The maximum atomic E-state index is 11.2. The lowest BCUT2D eigenvalue weighted by Gasteiger charge is -2.09. The SMILES string of the molecule is CCn1c2ccccc2c2cc(-n3nccc3CCOS(C)(=O)=O)ccc21. The summed E-state index contributed by atoms with van der Waals surface area (Å²) in [4.78, 5) is 0. The van der Waals surface area contributed by atoms with Crippen LogP contribution in [-0.4, -0.2) is 35.6 Å². The van der Waals surface area contributed by atoms with Gasteiger partial charge >= 0.3 is 0 Å². The van der Waals surface area contributed by atoms with Gasteiger partial charge in [-0.25, -0.2) is 4.68 Å². The Kier molecular flexibility index (Phi) is 4.49. The summed E-state index contributed by atoms with van der Waals surface area (Å²) < 4.78 is 31.3. The minimum Gasteiger partial charge on any atom is -0.341 e. The molecule has 2 aromatic heterocycles. The molecule has 0 fully saturated rings. The Morgan fingerprint density at radius 3 is 2.59 bits per heavy atom. The van der Waals surface area contributed by atoms with Crippen LogP contribution in [0.4, 0.5) is 0 Å². The average molecular weight is 383 g/mol. The van der Waals surface area contributed by atoms with Crippen molar-refractivity contribution in [3.05, 3.63) is 60.4 Å². The number of nitrogens with zero attached hydrogens (tertiary/aromatic N) is 3. The smallest absolute Gasteiger partial charge is 0.264 e. The summed E-state index contributed by atoms with van der Waals surface area (Å²) in [6, 6.07) is 16.6. The minimum absolute atomic E-state index is 0.0991. The molecule has 7 heteroatoms. The van der Waals surface area contributed by atoms with Gasteiger partial charge in [0.25, 0.3) is 10.1 Å². The fourth-order valence-electron chi connectivity index (χ4n) is 3.56. The van der Waals surface area contributed by atoms with E-state index in [1.54, 1.807) is 6.20 Å². The van der Waals surface area contributed by atoms with E-state index in [1.165, 1.54) is 21.8 Å². The Balaban J connectivity index is 1.76. The maximum Gasteiger partial charge on any atom is 0.264 e. The summed E-state index contributed by atoms with van der Waals surface area (Å²) >= 11 is 0. The lowest BCUT2D eigenvalue weighted by atomic mass is 10.1. The molecule has 0 bridgehead atoms. The number of para-hydroxylation sites is 1. The highest BCUT2D eigenvalue weighted by atomic mass is 32.2. The molecular formula is C20H21N3O3S. The quantitative estimate of drug-likeness (QED) is 0.478. The van der Waals surface area contributed by atoms with E-state index in [4.69, 9.17) is 4.18 Å². The van der Waals surface area contributed by atoms with Gasteiger partial charge in [0.05, 0.1) is 18.6 Å². The second kappa shape index (κ2) is 6.83. The molecule has 0 aliphatic rings. The lowest BCUT2D eigenvalue weighted by Crippen LogP contribution is -2.09. The topological polar surface area (TPSA) is 66.1 Å². The maximum absolute atomic E-state index is 11.2. The van der Waals surface area contributed by atoms with Gasteiger partial charge in [-0.2, -0.15) is 13.5 Å². The summed E-state index contributed by atoms with van der Waals surface area (Å²) in [5.74, 6) is 0. The number of aromatic nitrogens is 3. The Morgan fingerprint density at radius 2 is 1.81 bits per heavy atom. The normalized spacial score (nSPS) is 12.2. The van der Waals surface area contributed by atoms with Gasteiger partial charge in [-0.15, -0.1) is 0 Å². The monoisotopic (exact) mass is 383 g/mol. The molecular weight excluding hydrogens is 362 g/mol. The van der Waals surface area contributed by atoms with E-state index in [0.29, 0.717) is 6.42 Å².